The zero-order chi connectivity index (χ0) is 30.0. The molecule has 0 unspecified atom stereocenters. The van der Waals surface area contributed by atoms with E-state index >= 15 is 0 Å². The summed E-state index contributed by atoms with van der Waals surface area (Å²) >= 11 is 0. The lowest BCUT2D eigenvalue weighted by molar-refractivity contribution is -0.155. The second kappa shape index (κ2) is 20.1. The number of aliphatic hydroxyl groups excluding tert-OH is 1. The number of terminal acetylenes is 1. The number of carboxylic acids is 1. The Morgan fingerprint density at radius 2 is 1.60 bits per heavy atom. The van der Waals surface area contributed by atoms with Gasteiger partial charge < -0.3 is 29.2 Å². The summed E-state index contributed by atoms with van der Waals surface area (Å²) < 4.78 is 24.8. The number of methoxy groups -OCH3 is 1. The fourth-order valence-corrected chi connectivity index (χ4v) is 6.41. The molecule has 7 heteroatoms. The number of rotatable bonds is 20. The Morgan fingerprint density at radius 3 is 2.31 bits per heavy atom. The van der Waals surface area contributed by atoms with Gasteiger partial charge in [0.2, 0.25) is 0 Å². The molecule has 3 rings (SSSR count). The standard InChI is InChI=1S/C35H54O7/c1-3-4-5-6-7-8-9-13-17-28(36)20-29-18-14-19-30(41-29)21-31(39-2)22-33-23-32(24-34(42-33)25-35(37)38)40-26-27-15-11-10-12-16-27/h1,10-12,15-16,28-34,36H,4-9,13-14,17-26H2,2H3,(H,37,38)/t28-,29+,30+,31-,32-,33-,34-/m1/s1. The van der Waals surface area contributed by atoms with Gasteiger partial charge in [-0.15, -0.1) is 12.3 Å². The minimum atomic E-state index is -0.856. The molecular weight excluding hydrogens is 532 g/mol. The van der Waals surface area contributed by atoms with E-state index in [1.54, 1.807) is 7.11 Å². The normalized spacial score (nSPS) is 25.9. The van der Waals surface area contributed by atoms with Crippen molar-refractivity contribution in [3.8, 4) is 12.3 Å². The number of benzene rings is 1. The van der Waals surface area contributed by atoms with Crippen LogP contribution in [0.25, 0.3) is 0 Å². The Labute approximate surface area is 253 Å². The van der Waals surface area contributed by atoms with Gasteiger partial charge in [0, 0.05) is 20.0 Å². The van der Waals surface area contributed by atoms with E-state index in [2.05, 4.69) is 5.92 Å². The average molecular weight is 587 g/mol. The molecule has 7 nitrogen and oxygen atoms in total. The van der Waals surface area contributed by atoms with Crippen LogP contribution in [0, 0.1) is 12.3 Å². The molecule has 1 aromatic rings. The van der Waals surface area contributed by atoms with Crippen molar-refractivity contribution in [2.45, 2.75) is 158 Å². The second-order valence-electron chi connectivity index (χ2n) is 12.3. The number of hydrogen-bond acceptors (Lipinski definition) is 6. The maximum atomic E-state index is 11.5. The number of carboxylic acid groups (broad SMARTS) is 1. The lowest BCUT2D eigenvalue weighted by Gasteiger charge is -2.37. The minimum absolute atomic E-state index is 0.0262. The largest absolute Gasteiger partial charge is 0.481 e. The highest BCUT2D eigenvalue weighted by molar-refractivity contribution is 5.67. The number of aliphatic carboxylic acids is 1. The van der Waals surface area contributed by atoms with Crippen LogP contribution in [0.2, 0.25) is 0 Å². The lowest BCUT2D eigenvalue weighted by atomic mass is 9.92. The van der Waals surface area contributed by atoms with E-state index < -0.39 is 5.97 Å². The summed E-state index contributed by atoms with van der Waals surface area (Å²) in [5.74, 6) is 1.84. The van der Waals surface area contributed by atoms with Crippen molar-refractivity contribution in [2.75, 3.05) is 7.11 Å². The van der Waals surface area contributed by atoms with Gasteiger partial charge in [-0.3, -0.25) is 4.79 Å². The zero-order valence-electron chi connectivity index (χ0n) is 25.7. The van der Waals surface area contributed by atoms with Gasteiger partial charge in [-0.1, -0.05) is 62.4 Å². The fraction of sp³-hybridized carbons (Fsp3) is 0.743. The van der Waals surface area contributed by atoms with Crippen molar-refractivity contribution in [1.29, 1.82) is 0 Å². The first kappa shape index (κ1) is 34.5. The Kier molecular flexibility index (Phi) is 16.5. The van der Waals surface area contributed by atoms with Gasteiger partial charge in [0.15, 0.2) is 0 Å². The van der Waals surface area contributed by atoms with Crippen LogP contribution in [0.15, 0.2) is 30.3 Å². The van der Waals surface area contributed by atoms with Gasteiger partial charge in [0.25, 0.3) is 0 Å². The topological polar surface area (TPSA) is 94.5 Å². The lowest BCUT2D eigenvalue weighted by Crippen LogP contribution is -2.41. The molecule has 0 saturated carbocycles. The monoisotopic (exact) mass is 586 g/mol. The van der Waals surface area contributed by atoms with Crippen molar-refractivity contribution in [1.82, 2.24) is 0 Å². The molecule has 0 amide bonds. The van der Waals surface area contributed by atoms with E-state index in [1.165, 1.54) is 19.3 Å². The Hall–Kier alpha value is -1.95. The molecule has 236 valence electrons. The van der Waals surface area contributed by atoms with Crippen LogP contribution < -0.4 is 0 Å². The van der Waals surface area contributed by atoms with Crippen LogP contribution in [-0.2, 0) is 30.3 Å². The second-order valence-corrected chi connectivity index (χ2v) is 12.3. The summed E-state index contributed by atoms with van der Waals surface area (Å²) in [5.41, 5.74) is 1.10. The average Bonchev–Trinajstić information content (AvgIpc) is 2.97. The highest BCUT2D eigenvalue weighted by atomic mass is 16.5. The van der Waals surface area contributed by atoms with E-state index in [9.17, 15) is 15.0 Å². The maximum Gasteiger partial charge on any atom is 0.305 e. The number of unbranched alkanes of at least 4 members (excludes halogenated alkanes) is 6. The van der Waals surface area contributed by atoms with Gasteiger partial charge in [0.05, 0.1) is 55.8 Å². The molecular formula is C35H54O7. The smallest absolute Gasteiger partial charge is 0.305 e. The molecule has 0 aromatic heterocycles. The highest BCUT2D eigenvalue weighted by Gasteiger charge is 2.34. The first-order valence-corrected chi connectivity index (χ1v) is 16.3. The molecule has 7 atom stereocenters. The molecule has 1 aromatic carbocycles. The summed E-state index contributed by atoms with van der Waals surface area (Å²) in [7, 11) is 1.73. The molecule has 2 N–H and O–H groups in total. The fourth-order valence-electron chi connectivity index (χ4n) is 6.41. The highest BCUT2D eigenvalue weighted by Crippen LogP contribution is 2.31. The molecule has 2 aliphatic heterocycles. The van der Waals surface area contributed by atoms with E-state index in [4.69, 9.17) is 25.4 Å². The summed E-state index contributed by atoms with van der Waals surface area (Å²) in [6.45, 7) is 0.502. The van der Waals surface area contributed by atoms with Crippen LogP contribution in [-0.4, -0.2) is 66.0 Å². The number of aliphatic hydroxyl groups is 1. The maximum absolute atomic E-state index is 11.5. The summed E-state index contributed by atoms with van der Waals surface area (Å²) in [6, 6.07) is 10.0. The molecule has 0 radical (unpaired) electrons. The Bertz CT molecular complexity index is 900. The molecule has 0 aliphatic carbocycles. The van der Waals surface area contributed by atoms with Gasteiger partial charge in [-0.25, -0.2) is 0 Å². The van der Waals surface area contributed by atoms with Crippen LogP contribution in [0.4, 0.5) is 0 Å². The zero-order valence-corrected chi connectivity index (χ0v) is 25.7. The molecule has 2 heterocycles. The predicted octanol–water partition coefficient (Wildman–Crippen LogP) is 6.83. The first-order valence-electron chi connectivity index (χ1n) is 16.3. The van der Waals surface area contributed by atoms with Crippen LogP contribution in [0.5, 0.6) is 0 Å². The van der Waals surface area contributed by atoms with Crippen LogP contribution in [0.1, 0.15) is 115 Å². The quantitative estimate of drug-likeness (QED) is 0.128. The Morgan fingerprint density at radius 1 is 0.952 bits per heavy atom. The van der Waals surface area contributed by atoms with Crippen molar-refractivity contribution in [3.05, 3.63) is 35.9 Å². The van der Waals surface area contributed by atoms with Gasteiger partial charge in [0.1, 0.15) is 0 Å². The third-order valence-electron chi connectivity index (χ3n) is 8.63. The first-order chi connectivity index (χ1) is 20.4. The minimum Gasteiger partial charge on any atom is -0.481 e. The summed E-state index contributed by atoms with van der Waals surface area (Å²) in [6.07, 6.45) is 19.7. The van der Waals surface area contributed by atoms with Crippen molar-refractivity contribution < 1.29 is 34.0 Å². The molecule has 2 fully saturated rings. The Balaban J connectivity index is 1.40. The van der Waals surface area contributed by atoms with E-state index in [-0.39, 0.29) is 49.1 Å². The molecule has 2 aliphatic rings. The SMILES string of the molecule is C#CCCCCCCCC[C@@H](O)C[C@@H]1CCC[C@@H](C[C@H](C[C@@H]2C[C@@H](OCc3ccccc3)C[C@H](CC(=O)O)O2)OC)O1. The third kappa shape index (κ3) is 14.0. The number of hydrogen-bond donors (Lipinski definition) is 2. The van der Waals surface area contributed by atoms with E-state index in [0.29, 0.717) is 32.3 Å². The van der Waals surface area contributed by atoms with E-state index in [0.717, 1.165) is 63.4 Å². The molecule has 42 heavy (non-hydrogen) atoms. The van der Waals surface area contributed by atoms with Gasteiger partial charge >= 0.3 is 5.97 Å². The van der Waals surface area contributed by atoms with E-state index in [1.807, 2.05) is 30.3 Å². The third-order valence-corrected chi connectivity index (χ3v) is 8.63. The molecule has 0 bridgehead atoms. The van der Waals surface area contributed by atoms with Gasteiger partial charge in [-0.2, -0.15) is 0 Å². The van der Waals surface area contributed by atoms with Crippen molar-refractivity contribution in [3.63, 3.8) is 0 Å². The van der Waals surface area contributed by atoms with Gasteiger partial charge in [-0.05, 0) is 63.4 Å². The number of carbonyl (C=O) groups is 1. The molecule has 0 spiro atoms. The molecule has 2 saturated heterocycles. The van der Waals surface area contributed by atoms with Crippen molar-refractivity contribution >= 4 is 5.97 Å². The summed E-state index contributed by atoms with van der Waals surface area (Å²) in [5, 5.41) is 20.0. The summed E-state index contributed by atoms with van der Waals surface area (Å²) in [4.78, 5) is 11.5. The number of ether oxygens (including phenoxy) is 4. The van der Waals surface area contributed by atoms with Crippen LogP contribution in [0.3, 0.4) is 0 Å². The van der Waals surface area contributed by atoms with Crippen molar-refractivity contribution in [2.24, 2.45) is 0 Å². The predicted molar refractivity (Wildman–Crippen MR) is 164 cm³/mol. The van der Waals surface area contributed by atoms with Crippen LogP contribution >= 0.6 is 0 Å².